The third kappa shape index (κ3) is 3.64. The Labute approximate surface area is 100 Å². The smallest absolute Gasteiger partial charge is 0.253 e. The first kappa shape index (κ1) is 13.3. The summed E-state index contributed by atoms with van der Waals surface area (Å²) >= 11 is 0. The predicted octanol–water partition coefficient (Wildman–Crippen LogP) is 0.907. The number of nitrogens with zero attached hydrogens (tertiary/aromatic N) is 1. The van der Waals surface area contributed by atoms with Crippen molar-refractivity contribution >= 4 is 5.91 Å². The molecule has 1 amide bonds. The van der Waals surface area contributed by atoms with Crippen LogP contribution in [0.3, 0.4) is 0 Å². The fraction of sp³-hybridized carbons (Fsp3) is 0.417. The Hall–Kier alpha value is -1.75. The van der Waals surface area contributed by atoms with Gasteiger partial charge in [0.25, 0.3) is 5.91 Å². The lowest BCUT2D eigenvalue weighted by atomic mass is 10.1. The van der Waals surface area contributed by atoms with Crippen LogP contribution in [-0.4, -0.2) is 40.7 Å². The van der Waals surface area contributed by atoms with Crippen LogP contribution >= 0.6 is 0 Å². The summed E-state index contributed by atoms with van der Waals surface area (Å²) in [6.45, 7) is 2.43. The van der Waals surface area contributed by atoms with Crippen LogP contribution in [0.2, 0.25) is 0 Å². The van der Waals surface area contributed by atoms with E-state index in [-0.39, 0.29) is 23.4 Å². The lowest BCUT2D eigenvalue weighted by Gasteiger charge is -2.18. The summed E-state index contributed by atoms with van der Waals surface area (Å²) in [6, 6.07) is 4.06. The van der Waals surface area contributed by atoms with Crippen LogP contribution in [0, 0.1) is 0 Å². The molecule has 17 heavy (non-hydrogen) atoms. The summed E-state index contributed by atoms with van der Waals surface area (Å²) in [5.74, 6) is -0.739. The Morgan fingerprint density at radius 1 is 1.41 bits per heavy atom. The molecule has 5 nitrogen and oxygen atoms in total. The second-order valence-electron chi connectivity index (χ2n) is 4.20. The monoisotopic (exact) mass is 238 g/mol. The van der Waals surface area contributed by atoms with Crippen molar-refractivity contribution in [1.29, 1.82) is 0 Å². The van der Waals surface area contributed by atoms with Gasteiger partial charge in [0, 0.05) is 25.2 Å². The highest BCUT2D eigenvalue weighted by Gasteiger charge is 2.13. The van der Waals surface area contributed by atoms with Gasteiger partial charge < -0.3 is 20.8 Å². The molecule has 0 aliphatic carbocycles. The van der Waals surface area contributed by atoms with Gasteiger partial charge in [0.05, 0.1) is 0 Å². The molecule has 1 rings (SSSR count). The highest BCUT2D eigenvalue weighted by atomic mass is 16.3. The molecule has 0 saturated heterocycles. The summed E-state index contributed by atoms with van der Waals surface area (Å²) in [4.78, 5) is 13.4. The van der Waals surface area contributed by atoms with E-state index in [9.17, 15) is 9.90 Å². The van der Waals surface area contributed by atoms with Gasteiger partial charge in [0.2, 0.25) is 0 Å². The second kappa shape index (κ2) is 5.54. The maximum Gasteiger partial charge on any atom is 0.253 e. The third-order valence-corrected chi connectivity index (χ3v) is 2.49. The molecule has 1 aromatic carbocycles. The van der Waals surface area contributed by atoms with Crippen molar-refractivity contribution in [2.45, 2.75) is 19.4 Å². The summed E-state index contributed by atoms with van der Waals surface area (Å²) < 4.78 is 0. The number of hydrogen-bond donors (Lipinski definition) is 3. The lowest BCUT2D eigenvalue weighted by molar-refractivity contribution is 0.0791. The normalized spacial score (nSPS) is 12.2. The van der Waals surface area contributed by atoms with Gasteiger partial charge in [-0.1, -0.05) is 0 Å². The molecule has 0 aliphatic heterocycles. The van der Waals surface area contributed by atoms with Gasteiger partial charge in [0.1, 0.15) is 0 Å². The predicted molar refractivity (Wildman–Crippen MR) is 65.0 cm³/mol. The number of carbonyl (C=O) groups is 1. The zero-order chi connectivity index (χ0) is 13.0. The molecular weight excluding hydrogens is 220 g/mol. The summed E-state index contributed by atoms with van der Waals surface area (Å²) in [5.41, 5.74) is 5.95. The number of aromatic hydroxyl groups is 2. The SMILES string of the molecule is CC(N)CCN(C)C(=O)c1ccc(O)c(O)c1. The standard InChI is InChI=1S/C12H18N2O3/c1-8(13)5-6-14(2)12(17)9-3-4-10(15)11(16)7-9/h3-4,7-8,15-16H,5-6,13H2,1-2H3. The Bertz CT molecular complexity index is 405. The zero-order valence-electron chi connectivity index (χ0n) is 10.1. The van der Waals surface area contributed by atoms with Gasteiger partial charge in [0.15, 0.2) is 11.5 Å². The molecule has 0 aliphatic rings. The summed E-state index contributed by atoms with van der Waals surface area (Å²) in [5, 5.41) is 18.5. The van der Waals surface area contributed by atoms with E-state index >= 15 is 0 Å². The fourth-order valence-corrected chi connectivity index (χ4v) is 1.38. The zero-order valence-corrected chi connectivity index (χ0v) is 10.1. The van der Waals surface area contributed by atoms with Gasteiger partial charge in [-0.25, -0.2) is 0 Å². The summed E-state index contributed by atoms with van der Waals surface area (Å²) in [7, 11) is 1.68. The van der Waals surface area contributed by atoms with E-state index in [2.05, 4.69) is 0 Å². The first-order valence-corrected chi connectivity index (χ1v) is 5.45. The van der Waals surface area contributed by atoms with Gasteiger partial charge in [-0.3, -0.25) is 4.79 Å². The number of amides is 1. The van der Waals surface area contributed by atoms with Crippen LogP contribution in [0.25, 0.3) is 0 Å². The molecule has 1 unspecified atom stereocenters. The Balaban J connectivity index is 2.71. The van der Waals surface area contributed by atoms with E-state index in [1.807, 2.05) is 6.92 Å². The van der Waals surface area contributed by atoms with E-state index in [1.54, 1.807) is 7.05 Å². The third-order valence-electron chi connectivity index (χ3n) is 2.49. The molecule has 0 fully saturated rings. The molecule has 4 N–H and O–H groups in total. The van der Waals surface area contributed by atoms with Gasteiger partial charge in [-0.05, 0) is 31.5 Å². The minimum absolute atomic E-state index is 0.0403. The van der Waals surface area contributed by atoms with Gasteiger partial charge >= 0.3 is 0 Å². The molecule has 0 heterocycles. The molecule has 94 valence electrons. The topological polar surface area (TPSA) is 86.8 Å². The number of nitrogens with two attached hydrogens (primary N) is 1. The van der Waals surface area contributed by atoms with Crippen LogP contribution in [0.1, 0.15) is 23.7 Å². The van der Waals surface area contributed by atoms with Crippen molar-refractivity contribution < 1.29 is 15.0 Å². The van der Waals surface area contributed by atoms with E-state index in [1.165, 1.54) is 23.1 Å². The molecule has 1 aromatic rings. The second-order valence-corrected chi connectivity index (χ2v) is 4.20. The van der Waals surface area contributed by atoms with Crippen LogP contribution in [0.15, 0.2) is 18.2 Å². The van der Waals surface area contributed by atoms with Crippen LogP contribution < -0.4 is 5.73 Å². The van der Waals surface area contributed by atoms with E-state index in [0.717, 1.165) is 0 Å². The van der Waals surface area contributed by atoms with Crippen LogP contribution in [0.4, 0.5) is 0 Å². The molecule has 0 aromatic heterocycles. The fourth-order valence-electron chi connectivity index (χ4n) is 1.38. The van der Waals surface area contributed by atoms with Crippen molar-refractivity contribution in [2.75, 3.05) is 13.6 Å². The van der Waals surface area contributed by atoms with Gasteiger partial charge in [-0.2, -0.15) is 0 Å². The first-order valence-electron chi connectivity index (χ1n) is 5.45. The minimum Gasteiger partial charge on any atom is -0.504 e. The molecule has 5 heteroatoms. The number of phenols is 2. The number of hydrogen-bond acceptors (Lipinski definition) is 4. The first-order chi connectivity index (χ1) is 7.91. The summed E-state index contributed by atoms with van der Waals surface area (Å²) in [6.07, 6.45) is 0.715. The molecule has 0 saturated carbocycles. The molecule has 0 spiro atoms. The van der Waals surface area contributed by atoms with Crippen molar-refractivity contribution in [3.63, 3.8) is 0 Å². The Kier molecular flexibility index (Phi) is 4.34. The van der Waals surface area contributed by atoms with Gasteiger partial charge in [-0.15, -0.1) is 0 Å². The van der Waals surface area contributed by atoms with Crippen molar-refractivity contribution in [3.8, 4) is 11.5 Å². The number of benzene rings is 1. The lowest BCUT2D eigenvalue weighted by Crippen LogP contribution is -2.31. The van der Waals surface area contributed by atoms with Crippen LogP contribution in [0.5, 0.6) is 11.5 Å². The average Bonchev–Trinajstić information content (AvgIpc) is 2.28. The van der Waals surface area contributed by atoms with Crippen molar-refractivity contribution in [3.05, 3.63) is 23.8 Å². The maximum atomic E-state index is 11.9. The molecule has 0 radical (unpaired) electrons. The molecular formula is C12H18N2O3. The number of rotatable bonds is 4. The van der Waals surface area contributed by atoms with Crippen molar-refractivity contribution in [2.24, 2.45) is 5.73 Å². The van der Waals surface area contributed by atoms with Crippen molar-refractivity contribution in [1.82, 2.24) is 4.90 Å². The van der Waals surface area contributed by atoms with Crippen LogP contribution in [-0.2, 0) is 0 Å². The number of phenolic OH excluding ortho intramolecular Hbond substituents is 2. The highest BCUT2D eigenvalue weighted by molar-refractivity contribution is 5.94. The average molecular weight is 238 g/mol. The van der Waals surface area contributed by atoms with E-state index < -0.39 is 0 Å². The Morgan fingerprint density at radius 3 is 2.59 bits per heavy atom. The maximum absolute atomic E-state index is 11.9. The highest BCUT2D eigenvalue weighted by Crippen LogP contribution is 2.25. The Morgan fingerprint density at radius 2 is 2.06 bits per heavy atom. The quantitative estimate of drug-likeness (QED) is 0.680. The largest absolute Gasteiger partial charge is 0.504 e. The van der Waals surface area contributed by atoms with E-state index in [4.69, 9.17) is 10.8 Å². The minimum atomic E-state index is -0.295. The molecule has 0 bridgehead atoms. The number of carbonyl (C=O) groups excluding carboxylic acids is 1. The van der Waals surface area contributed by atoms with E-state index in [0.29, 0.717) is 18.5 Å². The molecule has 1 atom stereocenters.